The van der Waals surface area contributed by atoms with E-state index in [4.69, 9.17) is 9.47 Å². The number of carbonyl (C=O) groups excluding carboxylic acids is 2. The Hall–Kier alpha value is -3.02. The van der Waals surface area contributed by atoms with Crippen LogP contribution in [0.2, 0.25) is 0 Å². The Morgan fingerprint density at radius 1 is 0.967 bits per heavy atom. The van der Waals surface area contributed by atoms with E-state index in [0.717, 1.165) is 49.1 Å². The van der Waals surface area contributed by atoms with Crippen molar-refractivity contribution in [2.24, 2.45) is 11.8 Å². The maximum absolute atomic E-state index is 12.6. The molecule has 2 aromatic carbocycles. The Morgan fingerprint density at radius 3 is 2.57 bits per heavy atom. The summed E-state index contributed by atoms with van der Waals surface area (Å²) in [5, 5.41) is 9.64. The van der Waals surface area contributed by atoms with Crippen LogP contribution in [0.1, 0.15) is 57.5 Å². The predicted octanol–water partition coefficient (Wildman–Crippen LogP) is 3.90. The van der Waals surface area contributed by atoms with Crippen LogP contribution in [0.3, 0.4) is 0 Å². The summed E-state index contributed by atoms with van der Waals surface area (Å²) >= 11 is 0. The minimum atomic E-state index is -0.273. The van der Waals surface area contributed by atoms with Crippen LogP contribution < -0.4 is 4.74 Å². The third-order valence-corrected chi connectivity index (χ3v) is 6.56. The first-order valence-corrected chi connectivity index (χ1v) is 10.6. The third-order valence-electron chi connectivity index (χ3n) is 6.56. The van der Waals surface area contributed by atoms with Gasteiger partial charge in [0.05, 0.1) is 12.2 Å². The summed E-state index contributed by atoms with van der Waals surface area (Å²) in [5.74, 6) is 1.61. The van der Waals surface area contributed by atoms with Crippen LogP contribution in [0, 0.1) is 11.8 Å². The number of phenols is 1. The Labute approximate surface area is 175 Å². The number of carbonyl (C=O) groups is 2. The Bertz CT molecular complexity index is 993. The number of aromatic hydroxyl groups is 1. The Morgan fingerprint density at radius 2 is 1.73 bits per heavy atom. The van der Waals surface area contributed by atoms with Crippen LogP contribution >= 0.6 is 0 Å². The van der Waals surface area contributed by atoms with Crippen molar-refractivity contribution in [2.45, 2.75) is 38.8 Å². The van der Waals surface area contributed by atoms with Gasteiger partial charge in [0.1, 0.15) is 18.1 Å². The summed E-state index contributed by atoms with van der Waals surface area (Å²) < 4.78 is 11.0. The second-order valence-electron chi connectivity index (χ2n) is 8.62. The SMILES string of the molecule is O=C1OCc2ccc(OC[C@H]3CC[C@H](CN4Cc5ccc(O)cc5C4=O)CC3)cc21. The summed E-state index contributed by atoms with van der Waals surface area (Å²) in [7, 11) is 0. The number of hydrogen-bond acceptors (Lipinski definition) is 5. The molecule has 156 valence electrons. The van der Waals surface area contributed by atoms with E-state index < -0.39 is 0 Å². The molecule has 0 saturated heterocycles. The van der Waals surface area contributed by atoms with Gasteiger partial charge in [-0.25, -0.2) is 4.79 Å². The van der Waals surface area contributed by atoms with E-state index in [9.17, 15) is 14.7 Å². The average molecular weight is 407 g/mol. The lowest BCUT2D eigenvalue weighted by Gasteiger charge is -2.31. The Balaban J connectivity index is 1.10. The molecule has 1 N–H and O–H groups in total. The van der Waals surface area contributed by atoms with Gasteiger partial charge in [0.2, 0.25) is 0 Å². The molecule has 3 aliphatic rings. The lowest BCUT2D eigenvalue weighted by Crippen LogP contribution is -2.32. The Kier molecular flexibility index (Phi) is 4.85. The van der Waals surface area contributed by atoms with Crippen molar-refractivity contribution in [3.8, 4) is 11.5 Å². The first kappa shape index (κ1) is 19.0. The molecular formula is C24H25NO5. The minimum Gasteiger partial charge on any atom is -0.508 e. The number of amides is 1. The fraction of sp³-hybridized carbons (Fsp3) is 0.417. The second kappa shape index (κ2) is 7.67. The molecule has 1 amide bonds. The first-order chi connectivity index (χ1) is 14.6. The van der Waals surface area contributed by atoms with Crippen LogP contribution in [0.15, 0.2) is 36.4 Å². The standard InChI is InChI=1S/C24H25NO5/c26-19-7-5-17-12-25(23(27)21(17)9-19)11-15-1-3-16(4-2-15)13-29-20-8-6-18-14-30-24(28)22(18)10-20/h5-10,15-16,26H,1-4,11-14H2/t15-,16-. The number of rotatable bonds is 5. The van der Waals surface area contributed by atoms with Crippen molar-refractivity contribution >= 4 is 11.9 Å². The van der Waals surface area contributed by atoms with Gasteiger partial charge >= 0.3 is 5.97 Å². The molecule has 1 fully saturated rings. The molecule has 1 saturated carbocycles. The molecule has 0 spiro atoms. The highest BCUT2D eigenvalue weighted by atomic mass is 16.5. The highest BCUT2D eigenvalue weighted by Gasteiger charge is 2.31. The van der Waals surface area contributed by atoms with Crippen molar-refractivity contribution in [1.29, 1.82) is 0 Å². The quantitative estimate of drug-likeness (QED) is 0.761. The number of ether oxygens (including phenoxy) is 2. The summed E-state index contributed by atoms with van der Waals surface area (Å²) in [5.41, 5.74) is 3.16. The fourth-order valence-electron chi connectivity index (χ4n) is 4.79. The maximum atomic E-state index is 12.6. The molecule has 0 atom stereocenters. The maximum Gasteiger partial charge on any atom is 0.339 e. The smallest absolute Gasteiger partial charge is 0.339 e. The number of esters is 1. The molecule has 0 bridgehead atoms. The van der Waals surface area contributed by atoms with Gasteiger partial charge in [-0.15, -0.1) is 0 Å². The zero-order valence-corrected chi connectivity index (χ0v) is 16.8. The van der Waals surface area contributed by atoms with Crippen molar-refractivity contribution in [3.63, 3.8) is 0 Å². The highest BCUT2D eigenvalue weighted by Crippen LogP contribution is 2.33. The van der Waals surface area contributed by atoms with E-state index in [1.807, 2.05) is 23.1 Å². The van der Waals surface area contributed by atoms with Crippen LogP contribution in [-0.2, 0) is 17.9 Å². The molecule has 1 aliphatic carbocycles. The molecule has 30 heavy (non-hydrogen) atoms. The molecule has 2 aromatic rings. The van der Waals surface area contributed by atoms with E-state index in [2.05, 4.69) is 0 Å². The molecule has 0 radical (unpaired) electrons. The number of phenolic OH excluding ortho intramolecular Hbond substituents is 1. The van der Waals surface area contributed by atoms with Crippen LogP contribution in [-0.4, -0.2) is 35.0 Å². The van der Waals surface area contributed by atoms with E-state index in [-0.39, 0.29) is 17.6 Å². The molecule has 6 heteroatoms. The average Bonchev–Trinajstić information content (AvgIpc) is 3.27. The molecule has 0 aromatic heterocycles. The first-order valence-electron chi connectivity index (χ1n) is 10.6. The fourth-order valence-corrected chi connectivity index (χ4v) is 4.79. The zero-order valence-electron chi connectivity index (χ0n) is 16.8. The van der Waals surface area contributed by atoms with Crippen LogP contribution in [0.25, 0.3) is 0 Å². The summed E-state index contributed by atoms with van der Waals surface area (Å²) in [4.78, 5) is 26.2. The van der Waals surface area contributed by atoms with E-state index in [1.165, 1.54) is 0 Å². The normalized spacial score (nSPS) is 22.6. The van der Waals surface area contributed by atoms with Crippen LogP contribution in [0.5, 0.6) is 11.5 Å². The van der Waals surface area contributed by atoms with E-state index in [0.29, 0.717) is 42.7 Å². The van der Waals surface area contributed by atoms with Crippen molar-refractivity contribution in [3.05, 3.63) is 58.7 Å². The van der Waals surface area contributed by atoms with Gasteiger partial charge in [-0.2, -0.15) is 0 Å². The predicted molar refractivity (Wildman–Crippen MR) is 109 cm³/mol. The van der Waals surface area contributed by atoms with Crippen molar-refractivity contribution in [1.82, 2.24) is 4.90 Å². The minimum absolute atomic E-state index is 0.0292. The number of benzene rings is 2. The molecular weight excluding hydrogens is 382 g/mol. The summed E-state index contributed by atoms with van der Waals surface area (Å²) in [6.45, 7) is 2.41. The van der Waals surface area contributed by atoms with E-state index in [1.54, 1.807) is 18.2 Å². The lowest BCUT2D eigenvalue weighted by atomic mass is 9.82. The van der Waals surface area contributed by atoms with Gasteiger partial charge in [0, 0.05) is 24.2 Å². The zero-order chi connectivity index (χ0) is 20.7. The third kappa shape index (κ3) is 3.62. The van der Waals surface area contributed by atoms with Crippen molar-refractivity contribution in [2.75, 3.05) is 13.2 Å². The van der Waals surface area contributed by atoms with Crippen LogP contribution in [0.4, 0.5) is 0 Å². The summed E-state index contributed by atoms with van der Waals surface area (Å²) in [6, 6.07) is 10.6. The molecule has 6 nitrogen and oxygen atoms in total. The number of nitrogens with zero attached hydrogens (tertiary/aromatic N) is 1. The molecule has 2 heterocycles. The number of cyclic esters (lactones) is 1. The van der Waals surface area contributed by atoms with E-state index >= 15 is 0 Å². The van der Waals surface area contributed by atoms with Gasteiger partial charge in [0.25, 0.3) is 5.91 Å². The molecule has 5 rings (SSSR count). The second-order valence-corrected chi connectivity index (χ2v) is 8.62. The highest BCUT2D eigenvalue weighted by molar-refractivity contribution is 5.98. The van der Waals surface area contributed by atoms with Gasteiger partial charge in [-0.05, 0) is 67.3 Å². The number of fused-ring (bicyclic) bond motifs is 2. The van der Waals surface area contributed by atoms with Gasteiger partial charge < -0.3 is 19.5 Å². The molecule has 2 aliphatic heterocycles. The van der Waals surface area contributed by atoms with Crippen molar-refractivity contribution < 1.29 is 24.2 Å². The largest absolute Gasteiger partial charge is 0.508 e. The monoisotopic (exact) mass is 407 g/mol. The van der Waals surface area contributed by atoms with Gasteiger partial charge in [-0.1, -0.05) is 12.1 Å². The summed E-state index contributed by atoms with van der Waals surface area (Å²) in [6.07, 6.45) is 4.31. The number of hydrogen-bond donors (Lipinski definition) is 1. The lowest BCUT2D eigenvalue weighted by molar-refractivity contribution is 0.0534. The topological polar surface area (TPSA) is 76.1 Å². The molecule has 0 unspecified atom stereocenters. The van der Waals surface area contributed by atoms with Gasteiger partial charge in [0.15, 0.2) is 0 Å². The van der Waals surface area contributed by atoms with Gasteiger partial charge in [-0.3, -0.25) is 4.79 Å².